The van der Waals surface area contributed by atoms with Crippen LogP contribution in [-0.4, -0.2) is 21.2 Å². The number of anilines is 1. The molecule has 1 aliphatic carbocycles. The van der Waals surface area contributed by atoms with Gasteiger partial charge in [0.1, 0.15) is 5.69 Å². The Morgan fingerprint density at radius 3 is 2.73 bits per heavy atom. The lowest BCUT2D eigenvalue weighted by Gasteiger charge is -2.31. The zero-order valence-corrected chi connectivity index (χ0v) is 12.3. The Labute approximate surface area is 128 Å². The minimum absolute atomic E-state index is 0.238. The highest BCUT2D eigenvalue weighted by atomic mass is 19.1. The number of hydrogen-bond donors (Lipinski definition) is 2. The van der Waals surface area contributed by atoms with E-state index >= 15 is 0 Å². The Morgan fingerprint density at radius 1 is 1.32 bits per heavy atom. The summed E-state index contributed by atoms with van der Waals surface area (Å²) in [6.07, 6.45) is 7.61. The highest BCUT2D eigenvalue weighted by molar-refractivity contribution is 5.98. The van der Waals surface area contributed by atoms with Crippen LogP contribution in [-0.2, 0) is 4.79 Å². The van der Waals surface area contributed by atoms with E-state index in [4.69, 9.17) is 5.73 Å². The third-order valence-electron chi connectivity index (χ3n) is 4.15. The van der Waals surface area contributed by atoms with E-state index in [0.29, 0.717) is 24.2 Å². The maximum Gasteiger partial charge on any atom is 0.244 e. The molecule has 22 heavy (non-hydrogen) atoms. The van der Waals surface area contributed by atoms with Crippen LogP contribution in [0.1, 0.15) is 32.1 Å². The fourth-order valence-electron chi connectivity index (χ4n) is 2.85. The molecule has 0 unspecified atom stereocenters. The Morgan fingerprint density at radius 2 is 2.09 bits per heavy atom. The van der Waals surface area contributed by atoms with Crippen molar-refractivity contribution in [2.45, 2.75) is 37.6 Å². The number of halogens is 1. The van der Waals surface area contributed by atoms with Crippen molar-refractivity contribution >= 4 is 11.6 Å². The molecule has 0 aliphatic heterocycles. The van der Waals surface area contributed by atoms with Gasteiger partial charge in [-0.2, -0.15) is 5.10 Å². The van der Waals surface area contributed by atoms with E-state index in [-0.39, 0.29) is 5.91 Å². The van der Waals surface area contributed by atoms with Crippen LogP contribution in [0.2, 0.25) is 0 Å². The zero-order valence-electron chi connectivity index (χ0n) is 12.3. The second-order valence-electron chi connectivity index (χ2n) is 5.79. The van der Waals surface area contributed by atoms with Crippen LogP contribution in [0.15, 0.2) is 36.7 Å². The van der Waals surface area contributed by atoms with Gasteiger partial charge in [-0.05, 0) is 37.1 Å². The summed E-state index contributed by atoms with van der Waals surface area (Å²) in [4.78, 5) is 12.3. The van der Waals surface area contributed by atoms with Crippen molar-refractivity contribution < 1.29 is 9.18 Å². The number of nitrogens with two attached hydrogens (primary N) is 1. The molecule has 1 aromatic heterocycles. The van der Waals surface area contributed by atoms with Gasteiger partial charge in [0.15, 0.2) is 5.82 Å². The van der Waals surface area contributed by atoms with Crippen LogP contribution in [0, 0.1) is 5.82 Å². The van der Waals surface area contributed by atoms with Crippen molar-refractivity contribution in [1.29, 1.82) is 0 Å². The van der Waals surface area contributed by atoms with E-state index in [0.717, 1.165) is 19.3 Å². The number of rotatable bonds is 3. The molecule has 1 amide bonds. The predicted octanol–water partition coefficient (Wildman–Crippen LogP) is 2.61. The molecule has 0 saturated heterocycles. The minimum atomic E-state index is -0.838. The van der Waals surface area contributed by atoms with Crippen LogP contribution in [0.25, 0.3) is 5.69 Å². The van der Waals surface area contributed by atoms with Gasteiger partial charge in [-0.25, -0.2) is 9.07 Å². The summed E-state index contributed by atoms with van der Waals surface area (Å²) in [6.45, 7) is 0. The number of nitrogens with one attached hydrogen (secondary N) is 1. The molecule has 5 nitrogen and oxygen atoms in total. The third-order valence-corrected chi connectivity index (χ3v) is 4.15. The summed E-state index contributed by atoms with van der Waals surface area (Å²) in [6, 6.07) is 6.25. The molecule has 116 valence electrons. The summed E-state index contributed by atoms with van der Waals surface area (Å²) in [7, 11) is 0. The molecule has 0 bridgehead atoms. The van der Waals surface area contributed by atoms with Crippen LogP contribution in [0.4, 0.5) is 10.1 Å². The van der Waals surface area contributed by atoms with Gasteiger partial charge in [0.05, 0.1) is 5.54 Å². The first-order valence-electron chi connectivity index (χ1n) is 7.48. The number of aromatic nitrogens is 2. The second-order valence-corrected chi connectivity index (χ2v) is 5.79. The summed E-state index contributed by atoms with van der Waals surface area (Å²) in [5.74, 6) is -0.686. The first-order valence-corrected chi connectivity index (χ1v) is 7.48. The smallest absolute Gasteiger partial charge is 0.244 e. The Balaban J connectivity index is 1.76. The molecule has 1 aliphatic rings. The quantitative estimate of drug-likeness (QED) is 0.915. The first kappa shape index (κ1) is 14.7. The van der Waals surface area contributed by atoms with Gasteiger partial charge < -0.3 is 11.1 Å². The van der Waals surface area contributed by atoms with Gasteiger partial charge in [-0.1, -0.05) is 19.3 Å². The van der Waals surface area contributed by atoms with E-state index in [1.165, 1.54) is 10.7 Å². The molecule has 2 aromatic rings. The fourth-order valence-corrected chi connectivity index (χ4v) is 2.85. The Kier molecular flexibility index (Phi) is 3.94. The van der Waals surface area contributed by atoms with Crippen molar-refractivity contribution in [1.82, 2.24) is 9.78 Å². The van der Waals surface area contributed by atoms with Crippen molar-refractivity contribution in [3.05, 3.63) is 42.5 Å². The average Bonchev–Trinajstić information content (AvgIpc) is 3.02. The third kappa shape index (κ3) is 2.87. The zero-order chi connectivity index (χ0) is 15.6. The molecule has 3 rings (SSSR count). The monoisotopic (exact) mass is 302 g/mol. The highest BCUT2D eigenvalue weighted by Gasteiger charge is 2.35. The number of benzene rings is 1. The van der Waals surface area contributed by atoms with Gasteiger partial charge in [0.2, 0.25) is 5.91 Å². The van der Waals surface area contributed by atoms with E-state index in [9.17, 15) is 9.18 Å². The minimum Gasteiger partial charge on any atom is -0.324 e. The Hall–Kier alpha value is -2.21. The molecule has 0 spiro atoms. The highest BCUT2D eigenvalue weighted by Crippen LogP contribution is 2.27. The maximum absolute atomic E-state index is 14.2. The predicted molar refractivity (Wildman–Crippen MR) is 82.2 cm³/mol. The van der Waals surface area contributed by atoms with Crippen molar-refractivity contribution in [2.24, 2.45) is 5.73 Å². The molecule has 1 heterocycles. The number of carbonyl (C=O) groups excluding carboxylic acids is 1. The topological polar surface area (TPSA) is 72.9 Å². The summed E-state index contributed by atoms with van der Waals surface area (Å²) in [5, 5.41) is 6.72. The fraction of sp³-hybridized carbons (Fsp3) is 0.375. The van der Waals surface area contributed by atoms with E-state index in [1.807, 2.05) is 0 Å². The molecule has 0 atom stereocenters. The summed E-state index contributed by atoms with van der Waals surface area (Å²) >= 11 is 0. The number of carbonyl (C=O) groups is 1. The molecule has 3 N–H and O–H groups in total. The molecule has 1 saturated carbocycles. The first-order chi connectivity index (χ1) is 10.6. The van der Waals surface area contributed by atoms with Gasteiger partial charge >= 0.3 is 0 Å². The van der Waals surface area contributed by atoms with Crippen molar-refractivity contribution in [3.8, 4) is 5.69 Å². The molecule has 1 aromatic carbocycles. The molecule has 0 radical (unpaired) electrons. The maximum atomic E-state index is 14.2. The van der Waals surface area contributed by atoms with Crippen LogP contribution in [0.3, 0.4) is 0 Å². The molecule has 1 fully saturated rings. The van der Waals surface area contributed by atoms with E-state index in [1.54, 1.807) is 30.6 Å². The lowest BCUT2D eigenvalue weighted by molar-refractivity contribution is -0.122. The average molecular weight is 302 g/mol. The largest absolute Gasteiger partial charge is 0.324 e. The van der Waals surface area contributed by atoms with Crippen LogP contribution < -0.4 is 11.1 Å². The van der Waals surface area contributed by atoms with E-state index in [2.05, 4.69) is 10.4 Å². The van der Waals surface area contributed by atoms with Crippen LogP contribution >= 0.6 is 0 Å². The molecule has 6 heteroatoms. The number of amides is 1. The normalized spacial score (nSPS) is 17.2. The lowest BCUT2D eigenvalue weighted by Crippen LogP contribution is -2.52. The number of nitrogens with zero attached hydrogens (tertiary/aromatic N) is 2. The number of hydrogen-bond acceptors (Lipinski definition) is 3. The second kappa shape index (κ2) is 5.88. The molecular formula is C16H19FN4O. The summed E-state index contributed by atoms with van der Waals surface area (Å²) < 4.78 is 15.6. The Bertz CT molecular complexity index is 663. The summed E-state index contributed by atoms with van der Waals surface area (Å²) in [5.41, 5.74) is 6.08. The van der Waals surface area contributed by atoms with Gasteiger partial charge in [-0.15, -0.1) is 0 Å². The SMILES string of the molecule is NC1(C(=O)Nc2ccc(-n3cccn3)c(F)c2)CCCCC1. The van der Waals surface area contributed by atoms with Crippen LogP contribution in [0.5, 0.6) is 0 Å². The van der Waals surface area contributed by atoms with Crippen molar-refractivity contribution in [2.75, 3.05) is 5.32 Å². The van der Waals surface area contributed by atoms with Gasteiger partial charge in [0, 0.05) is 18.1 Å². The molecular weight excluding hydrogens is 283 g/mol. The standard InChI is InChI=1S/C16H19FN4O/c17-13-11-12(5-6-14(13)21-10-4-9-19-21)20-15(22)16(18)7-2-1-3-8-16/h4-6,9-11H,1-3,7-8,18H2,(H,20,22). The van der Waals surface area contributed by atoms with Gasteiger partial charge in [-0.3, -0.25) is 4.79 Å². The van der Waals surface area contributed by atoms with Crippen molar-refractivity contribution in [3.63, 3.8) is 0 Å². The van der Waals surface area contributed by atoms with E-state index < -0.39 is 11.4 Å². The lowest BCUT2D eigenvalue weighted by atomic mass is 9.82. The van der Waals surface area contributed by atoms with Gasteiger partial charge in [0.25, 0.3) is 0 Å².